The molecular weight excluding hydrogens is 473 g/mol. The predicted octanol–water partition coefficient (Wildman–Crippen LogP) is 5.54. The maximum Gasteiger partial charge on any atom is 0.258 e. The Kier molecular flexibility index (Phi) is 5.31. The summed E-state index contributed by atoms with van der Waals surface area (Å²) in [7, 11) is 1.82. The summed E-state index contributed by atoms with van der Waals surface area (Å²) in [6.07, 6.45) is 0. The van der Waals surface area contributed by atoms with Crippen molar-refractivity contribution in [1.29, 1.82) is 0 Å². The zero-order valence-electron chi connectivity index (χ0n) is 18.2. The van der Waals surface area contributed by atoms with E-state index >= 15 is 0 Å². The second-order valence-electron chi connectivity index (χ2n) is 7.97. The van der Waals surface area contributed by atoms with Gasteiger partial charge in [-0.2, -0.15) is 0 Å². The third kappa shape index (κ3) is 3.50. The first kappa shape index (κ1) is 22.0. The number of aromatic amines is 1. The lowest BCUT2D eigenvalue weighted by molar-refractivity contribution is 0.100. The number of para-hydroxylation sites is 1. The maximum atomic E-state index is 13.3. The zero-order chi connectivity index (χ0) is 24.1. The third-order valence-corrected chi connectivity index (χ3v) is 6.55. The van der Waals surface area contributed by atoms with Crippen LogP contribution in [0.1, 0.15) is 15.9 Å². The van der Waals surface area contributed by atoms with Crippen molar-refractivity contribution in [2.45, 2.75) is 6.92 Å². The van der Waals surface area contributed by atoms with Gasteiger partial charge >= 0.3 is 0 Å². The maximum absolute atomic E-state index is 13.3. The van der Waals surface area contributed by atoms with Gasteiger partial charge in [-0.25, -0.2) is 4.98 Å². The van der Waals surface area contributed by atoms with E-state index < -0.39 is 5.91 Å². The highest BCUT2D eigenvalue weighted by molar-refractivity contribution is 6.39. The molecule has 0 radical (unpaired) electrons. The topological polar surface area (TPSA) is 106 Å². The number of benzene rings is 3. The molecule has 0 fully saturated rings. The molecule has 0 atom stereocenters. The second-order valence-corrected chi connectivity index (χ2v) is 8.79. The van der Waals surface area contributed by atoms with Gasteiger partial charge in [0.2, 0.25) is 11.9 Å². The lowest BCUT2D eigenvalue weighted by Crippen LogP contribution is -2.13. The van der Waals surface area contributed by atoms with Crippen LogP contribution in [-0.4, -0.2) is 20.4 Å². The second kappa shape index (κ2) is 8.20. The molecule has 2 aromatic heterocycles. The molecule has 4 N–H and O–H groups in total. The summed E-state index contributed by atoms with van der Waals surface area (Å²) < 4.78 is 1.80. The fraction of sp³-hybridized carbons (Fsp3) is 0.0800. The minimum Gasteiger partial charge on any atom is -0.366 e. The number of carbonyl (C=O) groups is 1. The van der Waals surface area contributed by atoms with Gasteiger partial charge < -0.3 is 20.6 Å². The monoisotopic (exact) mass is 491 g/mol. The van der Waals surface area contributed by atoms with E-state index in [-0.39, 0.29) is 5.56 Å². The average molecular weight is 492 g/mol. The molecule has 9 heteroatoms. The van der Waals surface area contributed by atoms with Crippen molar-refractivity contribution in [2.24, 2.45) is 12.8 Å². The van der Waals surface area contributed by atoms with E-state index in [1.165, 1.54) is 0 Å². The van der Waals surface area contributed by atoms with Gasteiger partial charge in [0.1, 0.15) is 0 Å². The largest absolute Gasteiger partial charge is 0.366 e. The Morgan fingerprint density at radius 3 is 2.50 bits per heavy atom. The fourth-order valence-electron chi connectivity index (χ4n) is 4.21. The van der Waals surface area contributed by atoms with Crippen LogP contribution in [0.2, 0.25) is 10.0 Å². The highest BCUT2D eigenvalue weighted by atomic mass is 35.5. The van der Waals surface area contributed by atoms with Crippen LogP contribution < -0.4 is 16.6 Å². The minimum atomic E-state index is -0.530. The van der Waals surface area contributed by atoms with Crippen LogP contribution in [0.3, 0.4) is 0 Å². The number of hydrogen-bond acceptors (Lipinski definition) is 4. The number of nitrogens with one attached hydrogen (secondary N) is 2. The van der Waals surface area contributed by atoms with E-state index in [1.54, 1.807) is 41.0 Å². The predicted molar refractivity (Wildman–Crippen MR) is 137 cm³/mol. The van der Waals surface area contributed by atoms with Gasteiger partial charge in [-0.1, -0.05) is 47.5 Å². The van der Waals surface area contributed by atoms with E-state index in [2.05, 4.69) is 15.3 Å². The smallest absolute Gasteiger partial charge is 0.258 e. The van der Waals surface area contributed by atoms with E-state index in [0.717, 1.165) is 10.9 Å². The number of nitrogens with zero attached hydrogens (tertiary/aromatic N) is 2. The molecule has 0 aliphatic rings. The average Bonchev–Trinajstić information content (AvgIpc) is 3.13. The number of H-pyrrole nitrogens is 1. The summed E-state index contributed by atoms with van der Waals surface area (Å²) in [4.78, 5) is 32.6. The van der Waals surface area contributed by atoms with E-state index in [4.69, 9.17) is 28.9 Å². The SMILES string of the molecule is Cc1c(-c2cccc(C(N)=O)c2)[nH]c(=O)c2c1ccc1nc(Nc3c(Cl)cccc3Cl)n(C)c12. The van der Waals surface area contributed by atoms with Crippen molar-refractivity contribution < 1.29 is 4.79 Å². The Morgan fingerprint density at radius 2 is 1.79 bits per heavy atom. The number of amides is 1. The number of rotatable bonds is 4. The molecule has 34 heavy (non-hydrogen) atoms. The summed E-state index contributed by atoms with van der Waals surface area (Å²) in [5.74, 6) is -0.0364. The Balaban J connectivity index is 1.71. The number of imidazole rings is 1. The van der Waals surface area contributed by atoms with Crippen LogP contribution in [0.15, 0.2) is 59.4 Å². The number of fused-ring (bicyclic) bond motifs is 3. The normalized spacial score (nSPS) is 11.3. The van der Waals surface area contributed by atoms with Crippen LogP contribution >= 0.6 is 23.2 Å². The fourth-order valence-corrected chi connectivity index (χ4v) is 4.70. The van der Waals surface area contributed by atoms with Crippen molar-refractivity contribution in [3.63, 3.8) is 0 Å². The number of aryl methyl sites for hydroxylation is 2. The van der Waals surface area contributed by atoms with Crippen LogP contribution in [0.5, 0.6) is 0 Å². The highest BCUT2D eigenvalue weighted by Crippen LogP contribution is 2.35. The Labute approximate surface area is 204 Å². The van der Waals surface area contributed by atoms with Crippen molar-refractivity contribution in [1.82, 2.24) is 14.5 Å². The van der Waals surface area contributed by atoms with Crippen LogP contribution in [0.25, 0.3) is 33.1 Å². The van der Waals surface area contributed by atoms with Gasteiger partial charge in [-0.05, 0) is 53.8 Å². The molecule has 0 spiro atoms. The van der Waals surface area contributed by atoms with Crippen molar-refractivity contribution >= 4 is 62.6 Å². The van der Waals surface area contributed by atoms with Crippen molar-refractivity contribution in [3.05, 3.63) is 86.1 Å². The van der Waals surface area contributed by atoms with Gasteiger partial charge in [0.25, 0.3) is 5.56 Å². The summed E-state index contributed by atoms with van der Waals surface area (Å²) in [6.45, 7) is 1.93. The number of carbonyl (C=O) groups excluding carboxylic acids is 1. The molecule has 7 nitrogen and oxygen atoms in total. The van der Waals surface area contributed by atoms with Crippen LogP contribution in [0, 0.1) is 6.92 Å². The molecule has 0 saturated carbocycles. The first-order chi connectivity index (χ1) is 16.3. The molecule has 1 amide bonds. The molecule has 5 rings (SSSR count). The van der Waals surface area contributed by atoms with Gasteiger partial charge in [-0.15, -0.1) is 0 Å². The summed E-state index contributed by atoms with van der Waals surface area (Å²) in [5.41, 5.74) is 9.58. The summed E-state index contributed by atoms with van der Waals surface area (Å²) >= 11 is 12.6. The van der Waals surface area contributed by atoms with E-state index in [0.29, 0.717) is 54.9 Å². The molecular formula is C25H19Cl2N5O2. The van der Waals surface area contributed by atoms with Gasteiger partial charge in [0.05, 0.1) is 37.8 Å². The first-order valence-electron chi connectivity index (χ1n) is 10.4. The molecule has 5 aromatic rings. The molecule has 0 saturated heterocycles. The van der Waals surface area contributed by atoms with Gasteiger partial charge in [0.15, 0.2) is 0 Å². The third-order valence-electron chi connectivity index (χ3n) is 5.92. The van der Waals surface area contributed by atoms with E-state index in [9.17, 15) is 9.59 Å². The van der Waals surface area contributed by atoms with Crippen molar-refractivity contribution in [3.8, 4) is 11.3 Å². The molecule has 3 aromatic carbocycles. The summed E-state index contributed by atoms with van der Waals surface area (Å²) in [6, 6.07) is 15.8. The van der Waals surface area contributed by atoms with Crippen LogP contribution in [-0.2, 0) is 7.05 Å². The molecule has 0 unspecified atom stereocenters. The number of halogens is 2. The molecule has 2 heterocycles. The summed E-state index contributed by atoms with van der Waals surface area (Å²) in [5, 5.41) is 5.39. The number of pyridine rings is 1. The molecule has 0 aliphatic carbocycles. The zero-order valence-corrected chi connectivity index (χ0v) is 19.8. The number of primary amides is 1. The number of hydrogen-bond donors (Lipinski definition) is 3. The standard InChI is InChI=1S/C25H19Cl2N5O2/c1-12-15-9-10-18-22(32(2)25(29-18)31-21-16(26)7-4-8-17(21)27)19(15)24(34)30-20(12)13-5-3-6-14(11-13)23(28)33/h3-11H,1-2H3,(H2,28,33)(H,29,31)(H,30,34). The molecule has 170 valence electrons. The van der Waals surface area contributed by atoms with E-state index in [1.807, 2.05) is 32.2 Å². The molecule has 0 bridgehead atoms. The number of anilines is 2. The minimum absolute atomic E-state index is 0.268. The molecule has 0 aliphatic heterocycles. The van der Waals surface area contributed by atoms with Crippen molar-refractivity contribution in [2.75, 3.05) is 5.32 Å². The highest BCUT2D eigenvalue weighted by Gasteiger charge is 2.18. The van der Waals surface area contributed by atoms with Crippen LogP contribution in [0.4, 0.5) is 11.6 Å². The number of nitrogens with two attached hydrogens (primary N) is 1. The lowest BCUT2D eigenvalue weighted by atomic mass is 9.99. The number of aromatic nitrogens is 3. The van der Waals surface area contributed by atoms with Gasteiger partial charge in [0, 0.05) is 12.6 Å². The Morgan fingerprint density at radius 1 is 1.09 bits per heavy atom. The lowest BCUT2D eigenvalue weighted by Gasteiger charge is -2.12. The Bertz CT molecular complexity index is 1670. The Hall–Kier alpha value is -3.81. The van der Waals surface area contributed by atoms with Gasteiger partial charge in [-0.3, -0.25) is 9.59 Å². The first-order valence-corrected chi connectivity index (χ1v) is 11.1. The quantitative estimate of drug-likeness (QED) is 0.306.